The number of benzene rings is 1. The van der Waals surface area contributed by atoms with Gasteiger partial charge in [-0.2, -0.15) is 13.2 Å². The van der Waals surface area contributed by atoms with Crippen LogP contribution in [0.2, 0.25) is 0 Å². The summed E-state index contributed by atoms with van der Waals surface area (Å²) in [4.78, 5) is 12.0. The highest BCUT2D eigenvalue weighted by atomic mass is 19.4. The molecule has 8 heteroatoms. The fourth-order valence-electron chi connectivity index (χ4n) is 2.38. The fourth-order valence-corrected chi connectivity index (χ4v) is 2.38. The maximum Gasteiger partial charge on any atom is 0.494 e. The van der Waals surface area contributed by atoms with Gasteiger partial charge in [-0.15, -0.1) is 0 Å². The number of carbonyl (C=O) groups excluding carboxylic acids is 1. The molecule has 0 aliphatic carbocycles. The summed E-state index contributed by atoms with van der Waals surface area (Å²) in [6.07, 6.45) is -4.62. The fraction of sp³-hybridized carbons (Fsp3) is 0.562. The SMILES string of the molecule is CCNC(=O)c1cc(B2OC(C)(C)C(C)(C)O2)ccc1C(F)(F)F. The van der Waals surface area contributed by atoms with Crippen LogP contribution in [0.5, 0.6) is 0 Å². The Kier molecular flexibility index (Phi) is 4.76. The van der Waals surface area contributed by atoms with Gasteiger partial charge in [0.05, 0.1) is 22.3 Å². The summed E-state index contributed by atoms with van der Waals surface area (Å²) in [7, 11) is -0.828. The van der Waals surface area contributed by atoms with E-state index in [4.69, 9.17) is 9.31 Å². The highest BCUT2D eigenvalue weighted by molar-refractivity contribution is 6.62. The molecule has 1 saturated heterocycles. The van der Waals surface area contributed by atoms with Crippen LogP contribution in [-0.2, 0) is 15.5 Å². The number of nitrogens with one attached hydrogen (secondary N) is 1. The zero-order chi connectivity index (χ0) is 18.3. The summed E-state index contributed by atoms with van der Waals surface area (Å²) in [5.41, 5.74) is -2.27. The Morgan fingerprint density at radius 2 is 1.71 bits per heavy atom. The molecule has 24 heavy (non-hydrogen) atoms. The molecule has 1 amide bonds. The second-order valence-electron chi connectivity index (χ2n) is 6.75. The molecule has 1 aliphatic heterocycles. The minimum Gasteiger partial charge on any atom is -0.399 e. The molecular formula is C16H21BF3NO3. The normalized spacial score (nSPS) is 19.4. The van der Waals surface area contributed by atoms with E-state index in [0.717, 1.165) is 6.07 Å². The predicted molar refractivity (Wildman–Crippen MR) is 85.2 cm³/mol. The van der Waals surface area contributed by atoms with Crippen LogP contribution in [0.1, 0.15) is 50.5 Å². The first-order chi connectivity index (χ1) is 10.9. The van der Waals surface area contributed by atoms with Crippen LogP contribution in [0.25, 0.3) is 0 Å². The lowest BCUT2D eigenvalue weighted by atomic mass is 9.77. The molecule has 0 atom stereocenters. The largest absolute Gasteiger partial charge is 0.494 e. The molecule has 0 spiro atoms. The van der Waals surface area contributed by atoms with Gasteiger partial charge in [0.25, 0.3) is 5.91 Å². The second kappa shape index (κ2) is 6.08. The maximum absolute atomic E-state index is 13.2. The first-order valence-electron chi connectivity index (χ1n) is 7.74. The molecular weight excluding hydrogens is 322 g/mol. The lowest BCUT2D eigenvalue weighted by Crippen LogP contribution is -2.41. The Bertz CT molecular complexity index is 628. The Labute approximate surface area is 139 Å². The molecule has 1 aromatic carbocycles. The highest BCUT2D eigenvalue weighted by Crippen LogP contribution is 2.37. The molecule has 0 unspecified atom stereocenters. The molecule has 1 aliphatic rings. The highest BCUT2D eigenvalue weighted by Gasteiger charge is 2.52. The van der Waals surface area contributed by atoms with Gasteiger partial charge in [0.1, 0.15) is 0 Å². The number of halogens is 3. The summed E-state index contributed by atoms with van der Waals surface area (Å²) >= 11 is 0. The van der Waals surface area contributed by atoms with Gasteiger partial charge >= 0.3 is 13.3 Å². The van der Waals surface area contributed by atoms with Gasteiger partial charge in [0, 0.05) is 6.54 Å². The van der Waals surface area contributed by atoms with Crippen LogP contribution in [-0.4, -0.2) is 30.8 Å². The van der Waals surface area contributed by atoms with Gasteiger partial charge in [0.15, 0.2) is 0 Å². The summed E-state index contributed by atoms with van der Waals surface area (Å²) in [6, 6.07) is 3.37. The van der Waals surface area contributed by atoms with Crippen LogP contribution in [0.3, 0.4) is 0 Å². The van der Waals surface area contributed by atoms with E-state index >= 15 is 0 Å². The summed E-state index contributed by atoms with van der Waals surface area (Å²) in [6.45, 7) is 9.27. The third-order valence-electron chi connectivity index (χ3n) is 4.46. The number of hydrogen-bond donors (Lipinski definition) is 1. The van der Waals surface area contributed by atoms with Crippen molar-refractivity contribution >= 4 is 18.5 Å². The van der Waals surface area contributed by atoms with Crippen molar-refractivity contribution in [2.24, 2.45) is 0 Å². The molecule has 0 radical (unpaired) electrons. The van der Waals surface area contributed by atoms with Crippen LogP contribution >= 0.6 is 0 Å². The third-order valence-corrected chi connectivity index (χ3v) is 4.46. The first kappa shape index (κ1) is 18.8. The van der Waals surface area contributed by atoms with E-state index in [1.807, 2.05) is 27.7 Å². The van der Waals surface area contributed by atoms with Crippen molar-refractivity contribution in [3.8, 4) is 0 Å². The van der Waals surface area contributed by atoms with Crippen LogP contribution in [0.15, 0.2) is 18.2 Å². The van der Waals surface area contributed by atoms with E-state index < -0.39 is 41.5 Å². The van der Waals surface area contributed by atoms with Crippen LogP contribution in [0, 0.1) is 0 Å². The first-order valence-corrected chi connectivity index (χ1v) is 7.74. The maximum atomic E-state index is 13.2. The van der Waals surface area contributed by atoms with E-state index in [1.54, 1.807) is 6.92 Å². The van der Waals surface area contributed by atoms with Crippen molar-refractivity contribution in [3.05, 3.63) is 29.3 Å². The molecule has 0 aromatic heterocycles. The van der Waals surface area contributed by atoms with Crippen molar-refractivity contribution in [1.82, 2.24) is 5.32 Å². The zero-order valence-electron chi connectivity index (χ0n) is 14.4. The molecule has 0 bridgehead atoms. The smallest absolute Gasteiger partial charge is 0.399 e. The minimum atomic E-state index is -4.62. The molecule has 0 saturated carbocycles. The quantitative estimate of drug-likeness (QED) is 0.859. The Hall–Kier alpha value is -1.54. The van der Waals surface area contributed by atoms with Crippen LogP contribution in [0.4, 0.5) is 13.2 Å². The predicted octanol–water partition coefficient (Wildman–Crippen LogP) is 2.75. The van der Waals surface area contributed by atoms with Gasteiger partial charge in [-0.25, -0.2) is 0 Å². The summed E-state index contributed by atoms with van der Waals surface area (Å²) < 4.78 is 51.2. The molecule has 1 N–H and O–H groups in total. The van der Waals surface area contributed by atoms with Crippen molar-refractivity contribution in [1.29, 1.82) is 0 Å². The van der Waals surface area contributed by atoms with Crippen molar-refractivity contribution in [3.63, 3.8) is 0 Å². The Morgan fingerprint density at radius 1 is 1.17 bits per heavy atom. The Balaban J connectivity index is 2.44. The van der Waals surface area contributed by atoms with Crippen LogP contribution < -0.4 is 10.8 Å². The van der Waals surface area contributed by atoms with Gasteiger partial charge in [-0.3, -0.25) is 4.79 Å². The van der Waals surface area contributed by atoms with Crippen molar-refractivity contribution < 1.29 is 27.3 Å². The number of carbonyl (C=O) groups is 1. The molecule has 2 rings (SSSR count). The van der Waals surface area contributed by atoms with E-state index in [-0.39, 0.29) is 6.54 Å². The molecule has 1 heterocycles. The van der Waals surface area contributed by atoms with E-state index in [0.29, 0.717) is 5.46 Å². The summed E-state index contributed by atoms with van der Waals surface area (Å²) in [5, 5.41) is 2.40. The zero-order valence-corrected chi connectivity index (χ0v) is 14.4. The average Bonchev–Trinajstić information content (AvgIpc) is 2.66. The van der Waals surface area contributed by atoms with E-state index in [2.05, 4.69) is 5.32 Å². The minimum absolute atomic E-state index is 0.233. The third kappa shape index (κ3) is 3.44. The van der Waals surface area contributed by atoms with Gasteiger partial charge < -0.3 is 14.6 Å². The lowest BCUT2D eigenvalue weighted by molar-refractivity contribution is -0.137. The van der Waals surface area contributed by atoms with Gasteiger partial charge in [0.2, 0.25) is 0 Å². The monoisotopic (exact) mass is 343 g/mol. The van der Waals surface area contributed by atoms with E-state index in [9.17, 15) is 18.0 Å². The number of amides is 1. The summed E-state index contributed by atoms with van der Waals surface area (Å²) in [5.74, 6) is -0.775. The molecule has 1 aromatic rings. The number of alkyl halides is 3. The number of rotatable bonds is 3. The average molecular weight is 343 g/mol. The van der Waals surface area contributed by atoms with Gasteiger partial charge in [-0.1, -0.05) is 6.07 Å². The number of hydrogen-bond acceptors (Lipinski definition) is 3. The van der Waals surface area contributed by atoms with Crippen molar-refractivity contribution in [2.45, 2.75) is 52.0 Å². The standard InChI is InChI=1S/C16H21BF3NO3/c1-6-21-13(22)11-9-10(7-8-12(11)16(18,19)20)17-23-14(2,3)15(4,5)24-17/h7-9H,6H2,1-5H3,(H,21,22). The molecule has 4 nitrogen and oxygen atoms in total. The van der Waals surface area contributed by atoms with Crippen molar-refractivity contribution in [2.75, 3.05) is 6.54 Å². The second-order valence-corrected chi connectivity index (χ2v) is 6.75. The molecule has 1 fully saturated rings. The molecule has 132 valence electrons. The van der Waals surface area contributed by atoms with Gasteiger partial charge in [-0.05, 0) is 52.2 Å². The van der Waals surface area contributed by atoms with E-state index in [1.165, 1.54) is 12.1 Å². The lowest BCUT2D eigenvalue weighted by Gasteiger charge is -2.32. The Morgan fingerprint density at radius 3 is 2.17 bits per heavy atom. The topological polar surface area (TPSA) is 47.6 Å².